The normalized spacial score (nSPS) is 13.8. The van der Waals surface area contributed by atoms with Crippen molar-refractivity contribution in [1.29, 1.82) is 0 Å². The summed E-state index contributed by atoms with van der Waals surface area (Å²) in [6.45, 7) is 6.67. The predicted octanol–water partition coefficient (Wildman–Crippen LogP) is 4.32. The maximum absolute atomic E-state index is 5.47. The second-order valence-corrected chi connectivity index (χ2v) is 5.39. The van der Waals surface area contributed by atoms with Gasteiger partial charge in [0.25, 0.3) is 0 Å². The van der Waals surface area contributed by atoms with E-state index in [-0.39, 0.29) is 6.04 Å². The first-order valence-electron chi connectivity index (χ1n) is 7.60. The van der Waals surface area contributed by atoms with Gasteiger partial charge in [-0.25, -0.2) is 0 Å². The molecule has 0 saturated carbocycles. The molecule has 0 aliphatic carbocycles. The highest BCUT2D eigenvalue weighted by molar-refractivity contribution is 5.42. The van der Waals surface area contributed by atoms with Crippen LogP contribution in [0.4, 0.5) is 0 Å². The summed E-state index contributed by atoms with van der Waals surface area (Å²) in [5.41, 5.74) is 1.18. The van der Waals surface area contributed by atoms with E-state index in [1.807, 2.05) is 12.1 Å². The molecule has 1 aromatic carbocycles. The van der Waals surface area contributed by atoms with E-state index in [0.717, 1.165) is 11.5 Å². The van der Waals surface area contributed by atoms with E-state index in [4.69, 9.17) is 9.47 Å². The van der Waals surface area contributed by atoms with E-state index in [2.05, 4.69) is 32.2 Å². The Kier molecular flexibility index (Phi) is 7.45. The van der Waals surface area contributed by atoms with Crippen molar-refractivity contribution < 1.29 is 9.47 Å². The number of hydrogen-bond donors (Lipinski definition) is 1. The van der Waals surface area contributed by atoms with Gasteiger partial charge < -0.3 is 14.8 Å². The third kappa shape index (κ3) is 5.04. The SMILES string of the molecule is CCCCCC(C)NC(C)c1ccc(OC)cc1OC. The van der Waals surface area contributed by atoms with Crippen molar-refractivity contribution in [3.63, 3.8) is 0 Å². The lowest BCUT2D eigenvalue weighted by atomic mass is 10.0. The Balaban J connectivity index is 2.64. The Hall–Kier alpha value is -1.22. The van der Waals surface area contributed by atoms with Crippen molar-refractivity contribution >= 4 is 0 Å². The summed E-state index contributed by atoms with van der Waals surface area (Å²) in [6.07, 6.45) is 5.09. The topological polar surface area (TPSA) is 30.5 Å². The summed E-state index contributed by atoms with van der Waals surface area (Å²) in [7, 11) is 3.38. The molecule has 0 radical (unpaired) electrons. The van der Waals surface area contributed by atoms with Gasteiger partial charge in [-0.2, -0.15) is 0 Å². The number of hydrogen-bond acceptors (Lipinski definition) is 3. The molecule has 0 bridgehead atoms. The average molecular weight is 279 g/mol. The number of benzene rings is 1. The molecule has 20 heavy (non-hydrogen) atoms. The van der Waals surface area contributed by atoms with Crippen LogP contribution in [0.1, 0.15) is 58.1 Å². The molecule has 0 aromatic heterocycles. The Morgan fingerprint density at radius 2 is 1.85 bits per heavy atom. The second kappa shape index (κ2) is 8.85. The monoisotopic (exact) mass is 279 g/mol. The largest absolute Gasteiger partial charge is 0.497 e. The lowest BCUT2D eigenvalue weighted by molar-refractivity contribution is 0.379. The Labute approximate surface area is 123 Å². The lowest BCUT2D eigenvalue weighted by Crippen LogP contribution is -2.29. The molecule has 0 heterocycles. The number of rotatable bonds is 9. The standard InChI is InChI=1S/C17H29NO2/c1-6-7-8-9-13(2)18-14(3)16-11-10-15(19-4)12-17(16)20-5/h10-14,18H,6-9H2,1-5H3. The van der Waals surface area contributed by atoms with E-state index in [9.17, 15) is 0 Å². The molecule has 3 heteroatoms. The first kappa shape index (κ1) is 16.8. The maximum atomic E-state index is 5.47. The van der Waals surface area contributed by atoms with Crippen molar-refractivity contribution in [2.75, 3.05) is 14.2 Å². The van der Waals surface area contributed by atoms with Crippen LogP contribution in [0.3, 0.4) is 0 Å². The summed E-state index contributed by atoms with van der Waals surface area (Å²) in [4.78, 5) is 0. The van der Waals surface area contributed by atoms with Crippen molar-refractivity contribution in [3.8, 4) is 11.5 Å². The number of unbranched alkanes of at least 4 members (excludes halogenated alkanes) is 2. The fraction of sp³-hybridized carbons (Fsp3) is 0.647. The number of methoxy groups -OCH3 is 2. The van der Waals surface area contributed by atoms with Crippen LogP contribution >= 0.6 is 0 Å². The maximum Gasteiger partial charge on any atom is 0.127 e. The molecule has 0 aliphatic rings. The zero-order valence-electron chi connectivity index (χ0n) is 13.5. The highest BCUT2D eigenvalue weighted by Gasteiger charge is 2.14. The van der Waals surface area contributed by atoms with Crippen molar-refractivity contribution in [1.82, 2.24) is 5.32 Å². The molecule has 3 nitrogen and oxygen atoms in total. The summed E-state index contributed by atoms with van der Waals surface area (Å²) in [5, 5.41) is 3.65. The molecular formula is C17H29NO2. The molecule has 1 N–H and O–H groups in total. The van der Waals surface area contributed by atoms with Gasteiger partial charge in [0.1, 0.15) is 11.5 Å². The molecule has 0 fully saturated rings. The van der Waals surface area contributed by atoms with Gasteiger partial charge in [0, 0.05) is 23.7 Å². The fourth-order valence-electron chi connectivity index (χ4n) is 2.48. The fourth-order valence-corrected chi connectivity index (χ4v) is 2.48. The average Bonchev–Trinajstić information content (AvgIpc) is 2.46. The smallest absolute Gasteiger partial charge is 0.127 e. The zero-order valence-corrected chi connectivity index (χ0v) is 13.5. The van der Waals surface area contributed by atoms with Gasteiger partial charge in [-0.15, -0.1) is 0 Å². The minimum atomic E-state index is 0.271. The van der Waals surface area contributed by atoms with E-state index < -0.39 is 0 Å². The summed E-state index contributed by atoms with van der Waals surface area (Å²) in [5.74, 6) is 1.71. The van der Waals surface area contributed by atoms with Crippen LogP contribution < -0.4 is 14.8 Å². The molecule has 2 unspecified atom stereocenters. The highest BCUT2D eigenvalue weighted by atomic mass is 16.5. The third-order valence-electron chi connectivity index (χ3n) is 3.68. The van der Waals surface area contributed by atoms with Crippen LogP contribution in [0.5, 0.6) is 11.5 Å². The predicted molar refractivity (Wildman–Crippen MR) is 84.7 cm³/mol. The molecule has 1 aromatic rings. The van der Waals surface area contributed by atoms with Crippen molar-refractivity contribution in [2.24, 2.45) is 0 Å². The van der Waals surface area contributed by atoms with Crippen LogP contribution in [0.15, 0.2) is 18.2 Å². The first-order valence-corrected chi connectivity index (χ1v) is 7.60. The van der Waals surface area contributed by atoms with Crippen molar-refractivity contribution in [2.45, 2.75) is 58.5 Å². The zero-order chi connectivity index (χ0) is 15.0. The Morgan fingerprint density at radius 1 is 1.10 bits per heavy atom. The molecule has 2 atom stereocenters. The molecule has 114 valence electrons. The molecule has 0 aliphatic heterocycles. The number of nitrogens with one attached hydrogen (secondary N) is 1. The molecule has 0 spiro atoms. The van der Waals surface area contributed by atoms with Gasteiger partial charge in [-0.3, -0.25) is 0 Å². The minimum absolute atomic E-state index is 0.271. The van der Waals surface area contributed by atoms with E-state index in [0.29, 0.717) is 6.04 Å². The quantitative estimate of drug-likeness (QED) is 0.683. The van der Waals surface area contributed by atoms with Crippen molar-refractivity contribution in [3.05, 3.63) is 23.8 Å². The molecule has 1 rings (SSSR count). The second-order valence-electron chi connectivity index (χ2n) is 5.39. The Morgan fingerprint density at radius 3 is 2.45 bits per heavy atom. The summed E-state index contributed by atoms with van der Waals surface area (Å²) in [6, 6.07) is 6.79. The number of ether oxygens (including phenoxy) is 2. The highest BCUT2D eigenvalue weighted by Crippen LogP contribution is 2.29. The van der Waals surface area contributed by atoms with E-state index >= 15 is 0 Å². The van der Waals surface area contributed by atoms with Crippen LogP contribution in [-0.2, 0) is 0 Å². The van der Waals surface area contributed by atoms with E-state index in [1.165, 1.54) is 31.2 Å². The Bertz CT molecular complexity index is 393. The van der Waals surface area contributed by atoms with Gasteiger partial charge in [0.15, 0.2) is 0 Å². The molecule has 0 amide bonds. The minimum Gasteiger partial charge on any atom is -0.497 e. The van der Waals surface area contributed by atoms with Crippen LogP contribution in [0, 0.1) is 0 Å². The summed E-state index contributed by atoms with van der Waals surface area (Å²) < 4.78 is 10.7. The van der Waals surface area contributed by atoms with Gasteiger partial charge in [0.05, 0.1) is 14.2 Å². The van der Waals surface area contributed by atoms with Gasteiger partial charge in [-0.1, -0.05) is 32.3 Å². The van der Waals surface area contributed by atoms with Crippen LogP contribution in [-0.4, -0.2) is 20.3 Å². The summed E-state index contributed by atoms with van der Waals surface area (Å²) >= 11 is 0. The van der Waals surface area contributed by atoms with E-state index in [1.54, 1.807) is 14.2 Å². The van der Waals surface area contributed by atoms with Gasteiger partial charge in [-0.05, 0) is 26.3 Å². The van der Waals surface area contributed by atoms with Crippen LogP contribution in [0.25, 0.3) is 0 Å². The third-order valence-corrected chi connectivity index (χ3v) is 3.68. The van der Waals surface area contributed by atoms with Crippen LogP contribution in [0.2, 0.25) is 0 Å². The molecule has 0 saturated heterocycles. The van der Waals surface area contributed by atoms with Gasteiger partial charge in [0.2, 0.25) is 0 Å². The van der Waals surface area contributed by atoms with Gasteiger partial charge >= 0.3 is 0 Å². The lowest BCUT2D eigenvalue weighted by Gasteiger charge is -2.22. The first-order chi connectivity index (χ1) is 9.62. The molecular weight excluding hydrogens is 250 g/mol.